The highest BCUT2D eigenvalue weighted by atomic mass is 16.3. The van der Waals surface area contributed by atoms with Gasteiger partial charge in [0.05, 0.1) is 38.1 Å². The Balaban J connectivity index is 0.864. The summed E-state index contributed by atoms with van der Waals surface area (Å²) < 4.78 is 0. The molecule has 0 aliphatic heterocycles. The molecule has 0 saturated heterocycles. The number of hydrazine groups is 1. The van der Waals surface area contributed by atoms with Gasteiger partial charge in [-0.2, -0.15) is 0 Å². The number of aliphatic hydroxyl groups is 6. The zero-order valence-electron chi connectivity index (χ0n) is 40.1. The van der Waals surface area contributed by atoms with Crippen LogP contribution in [0.4, 0.5) is 0 Å². The van der Waals surface area contributed by atoms with Crippen molar-refractivity contribution in [1.82, 2.24) is 30.9 Å². The van der Waals surface area contributed by atoms with Crippen LogP contribution in [0.5, 0.6) is 0 Å². The van der Waals surface area contributed by atoms with Crippen LogP contribution in [0.3, 0.4) is 0 Å². The minimum absolute atomic E-state index is 0.249. The van der Waals surface area contributed by atoms with Gasteiger partial charge in [0.1, 0.15) is 0 Å². The zero-order valence-corrected chi connectivity index (χ0v) is 40.1. The maximum atomic E-state index is 10.6. The van der Waals surface area contributed by atoms with Crippen molar-refractivity contribution >= 4 is 0 Å². The van der Waals surface area contributed by atoms with E-state index in [1.807, 2.05) is 4.90 Å². The monoisotopic (exact) mass is 901 g/mol. The van der Waals surface area contributed by atoms with Crippen molar-refractivity contribution in [2.24, 2.45) is 65.1 Å². The van der Waals surface area contributed by atoms with E-state index in [0.29, 0.717) is 25.0 Å². The lowest BCUT2D eigenvalue weighted by atomic mass is 9.81. The van der Waals surface area contributed by atoms with Gasteiger partial charge in [-0.1, -0.05) is 25.7 Å². The van der Waals surface area contributed by atoms with Crippen LogP contribution in [-0.2, 0) is 0 Å². The third-order valence-corrected chi connectivity index (χ3v) is 19.3. The molecule has 8 bridgehead atoms. The van der Waals surface area contributed by atoms with Crippen molar-refractivity contribution in [3.63, 3.8) is 0 Å². The molecule has 0 heterocycles. The molecule has 8 aliphatic carbocycles. The van der Waals surface area contributed by atoms with Gasteiger partial charge in [-0.3, -0.25) is 15.2 Å². The summed E-state index contributed by atoms with van der Waals surface area (Å²) in [4.78, 5) is 5.05. The zero-order chi connectivity index (χ0) is 44.4. The van der Waals surface area contributed by atoms with Crippen molar-refractivity contribution in [3.8, 4) is 0 Å². The largest absolute Gasteiger partial charge is 0.394 e. The molecule has 12 nitrogen and oxygen atoms in total. The smallest absolute Gasteiger partial charge is 0.0911 e. The van der Waals surface area contributed by atoms with E-state index in [9.17, 15) is 30.6 Å². The summed E-state index contributed by atoms with van der Waals surface area (Å²) in [5.74, 6) is 10.4. The van der Waals surface area contributed by atoms with Crippen LogP contribution in [0.15, 0.2) is 0 Å². The van der Waals surface area contributed by atoms with Crippen LogP contribution in [0.1, 0.15) is 141 Å². The van der Waals surface area contributed by atoms with Gasteiger partial charge >= 0.3 is 0 Å². The summed E-state index contributed by atoms with van der Waals surface area (Å²) in [5.41, 5.74) is 3.82. The van der Waals surface area contributed by atoms with E-state index in [-0.39, 0.29) is 32.9 Å². The van der Waals surface area contributed by atoms with Crippen molar-refractivity contribution < 1.29 is 30.6 Å². The lowest BCUT2D eigenvalue weighted by Crippen LogP contribution is -2.54. The first-order chi connectivity index (χ1) is 31.2. The van der Waals surface area contributed by atoms with E-state index in [4.69, 9.17) is 0 Å². The molecular formula is C52H96N6O6. The number of hydrogen-bond donors (Lipinski definition) is 9. The highest BCUT2D eigenvalue weighted by Gasteiger charge is 2.47. The van der Waals surface area contributed by atoms with Gasteiger partial charge in [0.15, 0.2) is 0 Å². The van der Waals surface area contributed by atoms with E-state index < -0.39 is 18.3 Å². The minimum Gasteiger partial charge on any atom is -0.394 e. The molecule has 8 aliphatic rings. The quantitative estimate of drug-likeness (QED) is 0.0341. The first-order valence-corrected chi connectivity index (χ1v) is 27.5. The average Bonchev–Trinajstić information content (AvgIpc) is 4.18. The van der Waals surface area contributed by atoms with Crippen molar-refractivity contribution in [3.05, 3.63) is 0 Å². The molecule has 0 aromatic heterocycles. The maximum Gasteiger partial charge on any atom is 0.0911 e. The number of hydrogen-bond acceptors (Lipinski definition) is 12. The molecule has 16 unspecified atom stereocenters. The number of nitrogens with one attached hydrogen (secondary N) is 3. The highest BCUT2D eigenvalue weighted by Crippen LogP contribution is 2.53. The first kappa shape index (κ1) is 49.9. The summed E-state index contributed by atoms with van der Waals surface area (Å²) in [6.45, 7) is 6.05. The Labute approximate surface area is 388 Å². The average molecular weight is 901 g/mol. The van der Waals surface area contributed by atoms with Crippen LogP contribution < -0.4 is 16.1 Å². The van der Waals surface area contributed by atoms with Crippen molar-refractivity contribution in [2.45, 2.75) is 178 Å². The van der Waals surface area contributed by atoms with Gasteiger partial charge in [0.25, 0.3) is 0 Å². The number of aliphatic hydroxyl groups excluding tert-OH is 6. The van der Waals surface area contributed by atoms with Gasteiger partial charge in [0, 0.05) is 63.9 Å². The van der Waals surface area contributed by atoms with E-state index >= 15 is 0 Å². The predicted octanol–water partition coefficient (Wildman–Crippen LogP) is 4.21. The van der Waals surface area contributed by atoms with Gasteiger partial charge in [-0.25, -0.2) is 5.01 Å². The third kappa shape index (κ3) is 13.6. The van der Waals surface area contributed by atoms with Crippen LogP contribution >= 0.6 is 0 Å². The molecule has 0 amide bonds. The van der Waals surface area contributed by atoms with E-state index in [1.54, 1.807) is 0 Å². The van der Waals surface area contributed by atoms with E-state index in [2.05, 4.69) is 26.0 Å². The summed E-state index contributed by atoms with van der Waals surface area (Å²) >= 11 is 0. The molecule has 64 heavy (non-hydrogen) atoms. The SMILES string of the molecule is OCC(O)CN(CCCNCCCN(CC(O)CO)NCC(NCCN(C(CCC1CC2CCC1C2)CCC1CC2CCC1C2)C1CC2CCC1C2)C1CC2CCC1C2)CC(O)CO. The molecular weight excluding hydrogens is 805 g/mol. The normalized spacial score (nSPS) is 36.1. The number of fused-ring (bicyclic) bond motifs is 8. The van der Waals surface area contributed by atoms with Gasteiger partial charge in [0.2, 0.25) is 0 Å². The summed E-state index contributed by atoms with van der Waals surface area (Å²) in [7, 11) is 0. The fraction of sp³-hybridized carbons (Fsp3) is 1.00. The second kappa shape index (κ2) is 24.9. The van der Waals surface area contributed by atoms with Crippen LogP contribution in [-0.4, -0.2) is 167 Å². The molecule has 0 aromatic rings. The molecule has 0 aromatic carbocycles. The Bertz CT molecular complexity index is 1310. The molecule has 8 fully saturated rings. The topological polar surface area (TPSA) is 167 Å². The summed E-state index contributed by atoms with van der Waals surface area (Å²) in [6, 6.07) is 1.91. The second-order valence-corrected chi connectivity index (χ2v) is 23.6. The van der Waals surface area contributed by atoms with Crippen LogP contribution in [0.2, 0.25) is 0 Å². The third-order valence-electron chi connectivity index (χ3n) is 19.3. The lowest BCUT2D eigenvalue weighted by molar-refractivity contribution is 0.0230. The Morgan fingerprint density at radius 2 is 1.05 bits per heavy atom. The molecule has 12 heteroatoms. The Kier molecular flexibility index (Phi) is 19.4. The summed E-state index contributed by atoms with van der Waals surface area (Å²) in [5, 5.41) is 69.0. The second-order valence-electron chi connectivity index (χ2n) is 23.6. The standard InChI is InChI=1S/C52H96N6O6/c59-33-47(62)30-56(31-48(63)34-60)18-1-15-53-16-2-19-57(32-49(64)35-61)55-29-51(50-27-38-5-9-44(50)25-38)54-17-20-58(52-28-39-6-10-45(52)26-39)46(13-11-42-23-36-3-7-40(42)21-36)14-12-43-24-37-4-8-41(43)22-37/h36-55,59-64H,1-35H2. The first-order valence-electron chi connectivity index (χ1n) is 27.5. The van der Waals surface area contributed by atoms with Gasteiger partial charge < -0.3 is 41.3 Å². The van der Waals surface area contributed by atoms with Crippen molar-refractivity contribution in [2.75, 3.05) is 85.3 Å². The molecule has 9 N–H and O–H groups in total. The predicted molar refractivity (Wildman–Crippen MR) is 254 cm³/mol. The highest BCUT2D eigenvalue weighted by molar-refractivity contribution is 5.00. The van der Waals surface area contributed by atoms with Crippen LogP contribution in [0, 0.1) is 65.1 Å². The summed E-state index contributed by atoms with van der Waals surface area (Å²) in [6.07, 6.45) is 28.5. The maximum absolute atomic E-state index is 10.6. The molecule has 16 atom stereocenters. The Morgan fingerprint density at radius 1 is 0.516 bits per heavy atom. The van der Waals surface area contributed by atoms with E-state index in [1.165, 1.54) is 135 Å². The minimum atomic E-state index is -0.878. The molecule has 0 radical (unpaired) electrons. The number of rotatable bonds is 33. The van der Waals surface area contributed by atoms with Crippen molar-refractivity contribution in [1.29, 1.82) is 0 Å². The lowest BCUT2D eigenvalue weighted by Gasteiger charge is -2.42. The van der Waals surface area contributed by atoms with E-state index in [0.717, 1.165) is 117 Å². The van der Waals surface area contributed by atoms with Crippen LogP contribution in [0.25, 0.3) is 0 Å². The molecule has 8 saturated carbocycles. The van der Waals surface area contributed by atoms with Gasteiger partial charge in [-0.15, -0.1) is 0 Å². The number of nitrogens with zero attached hydrogens (tertiary/aromatic N) is 3. The fourth-order valence-corrected chi connectivity index (χ4v) is 16.2. The Hall–Kier alpha value is -0.480. The fourth-order valence-electron chi connectivity index (χ4n) is 16.2. The molecule has 370 valence electrons. The molecule has 8 rings (SSSR count). The molecule has 0 spiro atoms. The van der Waals surface area contributed by atoms with Gasteiger partial charge in [-0.05, 0) is 200 Å². The Morgan fingerprint density at radius 3 is 1.55 bits per heavy atom.